The van der Waals surface area contributed by atoms with Crippen molar-refractivity contribution in [3.05, 3.63) is 17.8 Å². The predicted molar refractivity (Wildman–Crippen MR) is 69.8 cm³/mol. The molecule has 6 heteroatoms. The zero-order chi connectivity index (χ0) is 12.3. The summed E-state index contributed by atoms with van der Waals surface area (Å²) in [4.78, 5) is 17.1. The van der Waals surface area contributed by atoms with E-state index in [1.165, 1.54) is 6.07 Å². The minimum Gasteiger partial charge on any atom is -0.477 e. The lowest BCUT2D eigenvalue weighted by Gasteiger charge is -2.22. The minimum absolute atomic E-state index is 0.0473. The van der Waals surface area contributed by atoms with Gasteiger partial charge in [-0.05, 0) is 24.3 Å². The average molecular weight is 253 g/mol. The van der Waals surface area contributed by atoms with E-state index in [0.29, 0.717) is 11.5 Å². The summed E-state index contributed by atoms with van der Waals surface area (Å²) in [7, 11) is 0. The van der Waals surface area contributed by atoms with Crippen LogP contribution in [0.15, 0.2) is 12.1 Å². The Bertz CT molecular complexity index is 417. The number of nitrogen functional groups attached to an aromatic ring is 1. The molecule has 0 aromatic carbocycles. The van der Waals surface area contributed by atoms with Gasteiger partial charge in [-0.3, -0.25) is 0 Å². The summed E-state index contributed by atoms with van der Waals surface area (Å²) < 4.78 is 0. The van der Waals surface area contributed by atoms with Gasteiger partial charge in [0.05, 0.1) is 5.69 Å². The number of nitrogens with two attached hydrogens (primary N) is 1. The molecule has 2 rings (SSSR count). The van der Waals surface area contributed by atoms with Gasteiger partial charge in [-0.2, -0.15) is 11.8 Å². The molecule has 0 radical (unpaired) electrons. The monoisotopic (exact) mass is 253 g/mol. The van der Waals surface area contributed by atoms with E-state index in [2.05, 4.69) is 9.88 Å². The van der Waals surface area contributed by atoms with E-state index in [0.717, 1.165) is 31.0 Å². The van der Waals surface area contributed by atoms with Crippen molar-refractivity contribution in [1.82, 2.24) is 4.98 Å². The normalized spacial score (nSPS) is 16.6. The van der Waals surface area contributed by atoms with Crippen LogP contribution in [0.4, 0.5) is 11.5 Å². The lowest BCUT2D eigenvalue weighted by Crippen LogP contribution is -2.28. The van der Waals surface area contributed by atoms with Gasteiger partial charge in [0, 0.05) is 18.8 Å². The first-order valence-corrected chi connectivity index (χ1v) is 6.66. The zero-order valence-electron chi connectivity index (χ0n) is 9.43. The van der Waals surface area contributed by atoms with Gasteiger partial charge in [-0.15, -0.1) is 0 Å². The highest BCUT2D eigenvalue weighted by atomic mass is 32.2. The molecule has 1 aromatic heterocycles. The highest BCUT2D eigenvalue weighted by Crippen LogP contribution is 2.23. The number of hydrogen-bond acceptors (Lipinski definition) is 5. The first kappa shape index (κ1) is 12.0. The van der Waals surface area contributed by atoms with E-state index in [1.807, 2.05) is 11.8 Å². The number of carboxylic acids is 1. The van der Waals surface area contributed by atoms with Crippen LogP contribution in [-0.2, 0) is 0 Å². The SMILES string of the molecule is Nc1ccc(C(=O)O)nc1N1CCCSCC1. The van der Waals surface area contributed by atoms with Crippen molar-refractivity contribution in [1.29, 1.82) is 0 Å². The molecular formula is C11H15N3O2S. The smallest absolute Gasteiger partial charge is 0.354 e. The molecule has 1 aliphatic heterocycles. The van der Waals surface area contributed by atoms with Crippen LogP contribution in [0.5, 0.6) is 0 Å². The zero-order valence-corrected chi connectivity index (χ0v) is 10.2. The number of thioether (sulfide) groups is 1. The largest absolute Gasteiger partial charge is 0.477 e. The first-order valence-electron chi connectivity index (χ1n) is 5.51. The number of anilines is 2. The maximum Gasteiger partial charge on any atom is 0.354 e. The molecule has 1 aromatic rings. The molecule has 0 spiro atoms. The molecule has 17 heavy (non-hydrogen) atoms. The number of pyridine rings is 1. The van der Waals surface area contributed by atoms with Gasteiger partial charge >= 0.3 is 5.97 Å². The van der Waals surface area contributed by atoms with Crippen LogP contribution in [0.3, 0.4) is 0 Å². The van der Waals surface area contributed by atoms with E-state index in [4.69, 9.17) is 10.8 Å². The Balaban J connectivity index is 2.28. The molecule has 5 nitrogen and oxygen atoms in total. The molecule has 1 saturated heterocycles. The molecule has 92 valence electrons. The summed E-state index contributed by atoms with van der Waals surface area (Å²) >= 11 is 1.90. The van der Waals surface area contributed by atoms with Gasteiger partial charge in [0.1, 0.15) is 0 Å². The number of aromatic carboxylic acids is 1. The van der Waals surface area contributed by atoms with Crippen LogP contribution in [0, 0.1) is 0 Å². The van der Waals surface area contributed by atoms with Crippen LogP contribution in [0.1, 0.15) is 16.9 Å². The number of carbonyl (C=O) groups is 1. The second kappa shape index (κ2) is 5.27. The van der Waals surface area contributed by atoms with Gasteiger partial charge in [0.2, 0.25) is 0 Å². The number of carboxylic acid groups (broad SMARTS) is 1. The number of hydrogen-bond donors (Lipinski definition) is 2. The van der Waals surface area contributed by atoms with Gasteiger partial charge in [0.25, 0.3) is 0 Å². The number of nitrogens with zero attached hydrogens (tertiary/aromatic N) is 2. The van der Waals surface area contributed by atoms with Crippen LogP contribution in [0.25, 0.3) is 0 Å². The predicted octanol–water partition coefficient (Wildman–Crippen LogP) is 1.31. The van der Waals surface area contributed by atoms with Crippen molar-refractivity contribution >= 4 is 29.2 Å². The summed E-state index contributed by atoms with van der Waals surface area (Å²) in [6.45, 7) is 1.75. The summed E-state index contributed by atoms with van der Waals surface area (Å²) in [6, 6.07) is 3.05. The Kier molecular flexibility index (Phi) is 3.73. The number of aromatic nitrogens is 1. The van der Waals surface area contributed by atoms with Crippen molar-refractivity contribution in [3.8, 4) is 0 Å². The van der Waals surface area contributed by atoms with E-state index in [9.17, 15) is 4.79 Å². The third kappa shape index (κ3) is 2.82. The van der Waals surface area contributed by atoms with E-state index < -0.39 is 5.97 Å². The van der Waals surface area contributed by atoms with Gasteiger partial charge in [0.15, 0.2) is 11.5 Å². The van der Waals surface area contributed by atoms with Crippen molar-refractivity contribution in [2.75, 3.05) is 35.2 Å². The van der Waals surface area contributed by atoms with Crippen LogP contribution in [-0.4, -0.2) is 40.7 Å². The Labute approximate surface area is 104 Å². The summed E-state index contributed by atoms with van der Waals surface area (Å²) in [6.07, 6.45) is 1.07. The Hall–Kier alpha value is -1.43. The Morgan fingerprint density at radius 3 is 3.00 bits per heavy atom. The fraction of sp³-hybridized carbons (Fsp3) is 0.455. The minimum atomic E-state index is -1.02. The second-order valence-electron chi connectivity index (χ2n) is 3.87. The van der Waals surface area contributed by atoms with E-state index in [1.54, 1.807) is 6.07 Å². The molecule has 3 N–H and O–H groups in total. The third-order valence-corrected chi connectivity index (χ3v) is 3.69. The van der Waals surface area contributed by atoms with E-state index >= 15 is 0 Å². The fourth-order valence-corrected chi connectivity index (χ4v) is 2.68. The van der Waals surface area contributed by atoms with Crippen molar-refractivity contribution in [3.63, 3.8) is 0 Å². The fourth-order valence-electron chi connectivity index (χ4n) is 1.79. The summed E-state index contributed by atoms with van der Waals surface area (Å²) in [5, 5.41) is 8.93. The maximum absolute atomic E-state index is 10.9. The molecule has 0 unspecified atom stereocenters. The lowest BCUT2D eigenvalue weighted by molar-refractivity contribution is 0.0690. The summed E-state index contributed by atoms with van der Waals surface area (Å²) in [5.41, 5.74) is 6.46. The lowest BCUT2D eigenvalue weighted by atomic mass is 10.3. The molecule has 0 atom stereocenters. The van der Waals surface area contributed by atoms with Crippen LogP contribution in [0.2, 0.25) is 0 Å². The van der Waals surface area contributed by atoms with Crippen molar-refractivity contribution in [2.45, 2.75) is 6.42 Å². The third-order valence-electron chi connectivity index (χ3n) is 2.65. The highest BCUT2D eigenvalue weighted by molar-refractivity contribution is 7.99. The molecule has 0 aliphatic carbocycles. The highest BCUT2D eigenvalue weighted by Gasteiger charge is 2.16. The number of rotatable bonds is 2. The topological polar surface area (TPSA) is 79.5 Å². The second-order valence-corrected chi connectivity index (χ2v) is 5.09. The quantitative estimate of drug-likeness (QED) is 0.827. The van der Waals surface area contributed by atoms with Gasteiger partial charge in [-0.25, -0.2) is 9.78 Å². The van der Waals surface area contributed by atoms with Gasteiger partial charge < -0.3 is 15.7 Å². The molecule has 0 saturated carbocycles. The molecule has 1 aliphatic rings. The van der Waals surface area contributed by atoms with Gasteiger partial charge in [-0.1, -0.05) is 0 Å². The molecule has 0 amide bonds. The Morgan fingerprint density at radius 2 is 2.24 bits per heavy atom. The van der Waals surface area contributed by atoms with Crippen LogP contribution < -0.4 is 10.6 Å². The molecule has 1 fully saturated rings. The average Bonchev–Trinajstić information content (AvgIpc) is 2.58. The molecule has 0 bridgehead atoms. The summed E-state index contributed by atoms with van der Waals surface area (Å²) in [5.74, 6) is 1.75. The van der Waals surface area contributed by atoms with Crippen LogP contribution >= 0.6 is 11.8 Å². The first-order chi connectivity index (χ1) is 8.18. The molecular weight excluding hydrogens is 238 g/mol. The van der Waals surface area contributed by atoms with E-state index in [-0.39, 0.29) is 5.69 Å². The maximum atomic E-state index is 10.9. The molecule has 2 heterocycles. The van der Waals surface area contributed by atoms with Crippen molar-refractivity contribution < 1.29 is 9.90 Å². The standard InChI is InChI=1S/C11H15N3O2S/c12-8-2-3-9(11(15)16)13-10(8)14-4-1-6-17-7-5-14/h2-3H,1,4-7,12H2,(H,15,16). The Morgan fingerprint density at radius 1 is 1.41 bits per heavy atom. The van der Waals surface area contributed by atoms with Crippen molar-refractivity contribution in [2.24, 2.45) is 0 Å².